The summed E-state index contributed by atoms with van der Waals surface area (Å²) in [5.41, 5.74) is 5.19. The second-order valence-electron chi connectivity index (χ2n) is 12.8. The molecule has 0 saturated carbocycles. The van der Waals surface area contributed by atoms with E-state index in [0.29, 0.717) is 30.5 Å². The van der Waals surface area contributed by atoms with Crippen molar-refractivity contribution in [2.45, 2.75) is 55.3 Å². The van der Waals surface area contributed by atoms with Crippen molar-refractivity contribution < 1.29 is 49.0 Å². The van der Waals surface area contributed by atoms with Crippen molar-refractivity contribution in [2.75, 3.05) is 44.0 Å². The number of fused-ring (bicyclic) bond motifs is 1. The van der Waals surface area contributed by atoms with Crippen molar-refractivity contribution in [2.24, 2.45) is 5.73 Å². The van der Waals surface area contributed by atoms with Gasteiger partial charge in [0.05, 0.1) is 40.1 Å². The normalized spacial score (nSPS) is 18.2. The Morgan fingerprint density at radius 3 is 2.53 bits per heavy atom. The molecule has 4 aromatic rings. The number of ether oxygens (including phenoxy) is 2. The number of pyridine rings is 1. The van der Waals surface area contributed by atoms with Crippen molar-refractivity contribution in [3.8, 4) is 29.0 Å². The Hall–Kier alpha value is -5.16. The van der Waals surface area contributed by atoms with E-state index in [0.717, 1.165) is 38.3 Å². The van der Waals surface area contributed by atoms with Crippen LogP contribution in [0.4, 0.5) is 51.1 Å². The highest BCUT2D eigenvalue weighted by Gasteiger charge is 2.44. The van der Waals surface area contributed by atoms with Gasteiger partial charge >= 0.3 is 18.4 Å². The molecule has 3 aliphatic rings. The highest BCUT2D eigenvalue weighted by molar-refractivity contribution is 8.03. The highest BCUT2D eigenvalue weighted by atomic mass is 32.2. The Bertz CT molecular complexity index is 2180. The van der Waals surface area contributed by atoms with Crippen LogP contribution in [0.25, 0.3) is 22.0 Å². The van der Waals surface area contributed by atoms with E-state index in [1.807, 2.05) is 0 Å². The van der Waals surface area contributed by atoms with E-state index in [1.165, 1.54) is 17.7 Å². The zero-order valence-corrected chi connectivity index (χ0v) is 29.6. The lowest BCUT2D eigenvalue weighted by Gasteiger charge is -2.24. The number of hydrogen-bond donors (Lipinski definition) is 2. The third-order valence-electron chi connectivity index (χ3n) is 9.25. The highest BCUT2D eigenvalue weighted by Crippen LogP contribution is 2.52. The van der Waals surface area contributed by atoms with Gasteiger partial charge in [0.1, 0.15) is 53.1 Å². The van der Waals surface area contributed by atoms with Crippen LogP contribution < -0.4 is 25.8 Å². The number of halogens is 9. The lowest BCUT2D eigenvalue weighted by atomic mass is 9.92. The molecule has 0 amide bonds. The predicted molar refractivity (Wildman–Crippen MR) is 185 cm³/mol. The molecule has 20 heteroatoms. The summed E-state index contributed by atoms with van der Waals surface area (Å²) in [6.07, 6.45) is -6.79. The average molecular weight is 799 g/mol. The number of benzene rings is 2. The van der Waals surface area contributed by atoms with Gasteiger partial charge in [0.15, 0.2) is 5.82 Å². The van der Waals surface area contributed by atoms with Gasteiger partial charge in [0.25, 0.3) is 0 Å². The lowest BCUT2D eigenvalue weighted by molar-refractivity contribution is -0.139. The van der Waals surface area contributed by atoms with Crippen LogP contribution in [0.15, 0.2) is 40.9 Å². The molecule has 2 unspecified atom stereocenters. The third-order valence-corrected chi connectivity index (χ3v) is 10.1. The van der Waals surface area contributed by atoms with Gasteiger partial charge in [0, 0.05) is 42.0 Å². The van der Waals surface area contributed by atoms with Crippen molar-refractivity contribution in [1.82, 2.24) is 19.9 Å². The van der Waals surface area contributed by atoms with E-state index in [9.17, 15) is 40.4 Å². The first-order chi connectivity index (χ1) is 25.9. The number of anilines is 2. The Labute approximate surface area is 311 Å². The number of aromatic nitrogens is 3. The number of methoxy groups -OCH3 is 1. The van der Waals surface area contributed by atoms with E-state index >= 15 is 4.39 Å². The molecule has 5 heterocycles. The standard InChI is InChI=1S/C28H19F8N7O2S.C7H12FN/c1-11(38)46-23-15(8-37)14(3-4-16(23)29)17-19(28(34,35)36)22-18-21(20(17)30)41-26(44-2)42-25(18)43(5-6-45-22)10-12-7-13(27(31,32)33)9-40-24(12)39;8-6-4-7-2-1-3-9(7)5-6/h3-4,7,9H,1,5-6,10,38H2,2H3,(H2,39,40);6-7H,1-5H2. The van der Waals surface area contributed by atoms with Crippen LogP contribution in [0.2, 0.25) is 0 Å². The van der Waals surface area contributed by atoms with E-state index in [-0.39, 0.29) is 28.8 Å². The SMILES string of the molecule is C=C(N)Sc1c(F)ccc(-c2c(C(F)(F)F)c3c4c(nc(OC)nc4c2F)N(Cc2cc(C(F)(F)F)cnc2N)CCO3)c1C#N.FC1CC2CCCN2C1. The van der Waals surface area contributed by atoms with Crippen molar-refractivity contribution in [1.29, 1.82) is 5.26 Å². The summed E-state index contributed by atoms with van der Waals surface area (Å²) in [5.74, 6) is -4.23. The molecule has 0 radical (unpaired) electrons. The number of nitriles is 1. The summed E-state index contributed by atoms with van der Waals surface area (Å²) < 4.78 is 140. The fourth-order valence-corrected chi connectivity index (χ4v) is 7.60. The van der Waals surface area contributed by atoms with Gasteiger partial charge in [-0.05, 0) is 44.0 Å². The smallest absolute Gasteiger partial charge is 0.420 e. The Morgan fingerprint density at radius 1 is 1.15 bits per heavy atom. The molecule has 2 atom stereocenters. The molecule has 55 heavy (non-hydrogen) atoms. The van der Waals surface area contributed by atoms with Gasteiger partial charge < -0.3 is 25.8 Å². The number of nitrogen functional groups attached to an aromatic ring is 1. The van der Waals surface area contributed by atoms with Gasteiger partial charge in [-0.25, -0.2) is 18.2 Å². The fraction of sp³-hybridized carbons (Fsp3) is 0.371. The first kappa shape index (κ1) is 39.5. The van der Waals surface area contributed by atoms with E-state index in [4.69, 9.17) is 20.9 Å². The minimum absolute atomic E-state index is 0.159. The molecule has 0 bridgehead atoms. The second-order valence-corrected chi connectivity index (χ2v) is 13.9. The summed E-state index contributed by atoms with van der Waals surface area (Å²) >= 11 is 0.458. The number of nitrogens with zero attached hydrogens (tertiary/aromatic N) is 6. The summed E-state index contributed by atoms with van der Waals surface area (Å²) in [7, 11) is 1.10. The number of alkyl halides is 7. The number of rotatable bonds is 6. The van der Waals surface area contributed by atoms with Gasteiger partial charge in [-0.1, -0.05) is 18.3 Å². The molecule has 2 aromatic heterocycles. The van der Waals surface area contributed by atoms with Crippen LogP contribution in [0, 0.1) is 23.0 Å². The van der Waals surface area contributed by atoms with Crippen LogP contribution in [0.1, 0.15) is 41.5 Å². The fourth-order valence-electron chi connectivity index (χ4n) is 6.91. The van der Waals surface area contributed by atoms with Crippen molar-refractivity contribution in [3.63, 3.8) is 0 Å². The minimum atomic E-state index is -5.34. The van der Waals surface area contributed by atoms with Gasteiger partial charge in [-0.2, -0.15) is 41.6 Å². The molecule has 4 N–H and O–H groups in total. The first-order valence-corrected chi connectivity index (χ1v) is 17.4. The molecular weight excluding hydrogens is 767 g/mol. The van der Waals surface area contributed by atoms with Crippen molar-refractivity contribution in [3.05, 3.63) is 69.9 Å². The zero-order chi connectivity index (χ0) is 40.0. The molecule has 292 valence electrons. The van der Waals surface area contributed by atoms with E-state index in [1.54, 1.807) is 6.07 Å². The molecule has 2 aromatic carbocycles. The maximum atomic E-state index is 16.6. The summed E-state index contributed by atoms with van der Waals surface area (Å²) in [6, 6.07) is 3.98. The van der Waals surface area contributed by atoms with E-state index < -0.39 is 98.7 Å². The molecule has 10 nitrogen and oxygen atoms in total. The zero-order valence-electron chi connectivity index (χ0n) is 28.8. The molecule has 7 rings (SSSR count). The van der Waals surface area contributed by atoms with Crippen LogP contribution in [0.5, 0.6) is 11.8 Å². The summed E-state index contributed by atoms with van der Waals surface area (Å²) in [6.45, 7) is 4.02. The molecule has 3 aliphatic heterocycles. The molecular formula is C35H31F9N8O2S. The maximum Gasteiger partial charge on any atom is 0.420 e. The lowest BCUT2D eigenvalue weighted by Crippen LogP contribution is -2.28. The van der Waals surface area contributed by atoms with Crippen LogP contribution in [-0.2, 0) is 18.9 Å². The largest absolute Gasteiger partial charge is 0.490 e. The third kappa shape index (κ3) is 7.85. The summed E-state index contributed by atoms with van der Waals surface area (Å²) in [4.78, 5) is 14.6. The monoisotopic (exact) mass is 798 g/mol. The maximum absolute atomic E-state index is 16.6. The van der Waals surface area contributed by atoms with Crippen LogP contribution in [-0.4, -0.2) is 65.4 Å². The average Bonchev–Trinajstić information content (AvgIpc) is 3.64. The molecule has 0 spiro atoms. The second kappa shape index (κ2) is 15.2. The quantitative estimate of drug-likeness (QED) is 0.147. The summed E-state index contributed by atoms with van der Waals surface area (Å²) in [5, 5.41) is 9.11. The molecule has 2 saturated heterocycles. The minimum Gasteiger partial charge on any atom is -0.490 e. The van der Waals surface area contributed by atoms with Gasteiger partial charge in [-0.15, -0.1) is 0 Å². The Balaban J connectivity index is 0.000000495. The number of nitrogens with two attached hydrogens (primary N) is 2. The Morgan fingerprint density at radius 2 is 1.89 bits per heavy atom. The predicted octanol–water partition coefficient (Wildman–Crippen LogP) is 7.58. The number of hydrogen-bond acceptors (Lipinski definition) is 11. The van der Waals surface area contributed by atoms with Crippen LogP contribution >= 0.6 is 11.8 Å². The first-order valence-electron chi connectivity index (χ1n) is 16.5. The van der Waals surface area contributed by atoms with E-state index in [2.05, 4.69) is 26.4 Å². The van der Waals surface area contributed by atoms with Crippen LogP contribution in [0.3, 0.4) is 0 Å². The Kier molecular flexibility index (Phi) is 10.9. The van der Waals surface area contributed by atoms with Gasteiger partial charge in [-0.3, -0.25) is 4.90 Å². The molecule has 0 aliphatic carbocycles. The molecule has 2 fully saturated rings. The van der Waals surface area contributed by atoms with Gasteiger partial charge in [0.2, 0.25) is 0 Å². The topological polar surface area (TPSA) is 139 Å². The van der Waals surface area contributed by atoms with Crippen molar-refractivity contribution >= 4 is 34.3 Å². The number of thioether (sulfide) groups is 1.